The van der Waals surface area contributed by atoms with E-state index in [1.165, 1.54) is 29.1 Å². The smallest absolute Gasteiger partial charge is 0.373 e. The Hall–Kier alpha value is -1.53. The van der Waals surface area contributed by atoms with E-state index in [9.17, 15) is 34.0 Å². The number of rotatable bonds is 5. The van der Waals surface area contributed by atoms with Crippen LogP contribution in [0.3, 0.4) is 0 Å². The number of aromatic hydroxyl groups is 1. The molecule has 24 heavy (non-hydrogen) atoms. The second-order valence-electron chi connectivity index (χ2n) is 5.51. The fraction of sp³-hybridized carbons (Fsp3) is 0.214. The molecule has 0 radical (unpaired) electrons. The van der Waals surface area contributed by atoms with Crippen LogP contribution in [0.1, 0.15) is 0 Å². The SMILES string of the molecule is CP(=O)(O)C(O)(C[n+]1cccc(-c2ccc(O)cc2)c1)P(=O)(O)O. The van der Waals surface area contributed by atoms with Crippen LogP contribution in [0.4, 0.5) is 0 Å². The predicted molar refractivity (Wildman–Crippen MR) is 86.5 cm³/mol. The van der Waals surface area contributed by atoms with Crippen molar-refractivity contribution in [2.45, 2.75) is 11.6 Å². The van der Waals surface area contributed by atoms with Gasteiger partial charge in [0.2, 0.25) is 7.37 Å². The third kappa shape index (κ3) is 3.75. The van der Waals surface area contributed by atoms with Crippen LogP contribution in [0.2, 0.25) is 0 Å². The maximum atomic E-state index is 11.9. The van der Waals surface area contributed by atoms with Crippen molar-refractivity contribution in [3.8, 4) is 16.9 Å². The molecule has 0 aliphatic rings. The molecule has 5 N–H and O–H groups in total. The third-order valence-electron chi connectivity index (χ3n) is 3.58. The molecule has 0 spiro atoms. The van der Waals surface area contributed by atoms with Crippen molar-refractivity contribution in [1.82, 2.24) is 0 Å². The van der Waals surface area contributed by atoms with Gasteiger partial charge < -0.3 is 24.9 Å². The first-order valence-electron chi connectivity index (χ1n) is 6.81. The van der Waals surface area contributed by atoms with Gasteiger partial charge in [-0.3, -0.25) is 9.13 Å². The zero-order valence-electron chi connectivity index (χ0n) is 12.7. The van der Waals surface area contributed by atoms with Crippen molar-refractivity contribution in [1.29, 1.82) is 0 Å². The largest absolute Gasteiger partial charge is 0.508 e. The van der Waals surface area contributed by atoms with Crippen molar-refractivity contribution in [3.63, 3.8) is 0 Å². The van der Waals surface area contributed by atoms with Gasteiger partial charge in [-0.2, -0.15) is 0 Å². The van der Waals surface area contributed by atoms with Gasteiger partial charge in [0.25, 0.3) is 0 Å². The monoisotopic (exact) mass is 374 g/mol. The summed E-state index contributed by atoms with van der Waals surface area (Å²) in [6.45, 7) is -0.0516. The van der Waals surface area contributed by atoms with Crippen molar-refractivity contribution in [3.05, 3.63) is 48.8 Å². The van der Waals surface area contributed by atoms with Gasteiger partial charge in [-0.25, -0.2) is 4.57 Å². The summed E-state index contributed by atoms with van der Waals surface area (Å²) in [4.78, 5) is 28.3. The van der Waals surface area contributed by atoms with Crippen LogP contribution >= 0.6 is 15.0 Å². The van der Waals surface area contributed by atoms with Gasteiger partial charge in [0, 0.05) is 18.3 Å². The Morgan fingerprint density at radius 2 is 1.62 bits per heavy atom. The van der Waals surface area contributed by atoms with Gasteiger partial charge in [0.05, 0.1) is 0 Å². The van der Waals surface area contributed by atoms with Crippen molar-refractivity contribution in [2.75, 3.05) is 6.66 Å². The molecule has 2 aromatic rings. The van der Waals surface area contributed by atoms with E-state index in [0.717, 1.165) is 0 Å². The normalized spacial score (nSPS) is 17.0. The number of hydrogen-bond acceptors (Lipinski definition) is 4. The Morgan fingerprint density at radius 3 is 2.12 bits per heavy atom. The lowest BCUT2D eigenvalue weighted by Gasteiger charge is -2.27. The fourth-order valence-corrected chi connectivity index (χ4v) is 4.86. The first-order chi connectivity index (χ1) is 10.9. The van der Waals surface area contributed by atoms with E-state index in [2.05, 4.69) is 0 Å². The molecule has 1 aromatic carbocycles. The molecule has 10 heteroatoms. The van der Waals surface area contributed by atoms with Crippen LogP contribution < -0.4 is 4.57 Å². The van der Waals surface area contributed by atoms with E-state index in [0.29, 0.717) is 17.8 Å². The van der Waals surface area contributed by atoms with Crippen LogP contribution in [0.5, 0.6) is 5.75 Å². The van der Waals surface area contributed by atoms with Crippen LogP contribution in [0.15, 0.2) is 48.8 Å². The molecular weight excluding hydrogens is 356 g/mol. The highest BCUT2D eigenvalue weighted by Gasteiger charge is 2.60. The summed E-state index contributed by atoms with van der Waals surface area (Å²) in [5, 5.41) is 16.4. The number of hydrogen-bond donors (Lipinski definition) is 5. The second kappa shape index (κ2) is 6.41. The number of nitrogens with zero attached hydrogens (tertiary/aromatic N) is 1. The molecule has 1 aromatic heterocycles. The molecular formula is C14H18NO7P2+. The molecule has 2 atom stereocenters. The molecule has 0 fully saturated rings. The summed E-state index contributed by atoms with van der Waals surface area (Å²) in [6, 6.07) is 9.52. The Kier molecular flexibility index (Phi) is 5.02. The number of aliphatic hydroxyl groups is 1. The van der Waals surface area contributed by atoms with E-state index in [1.807, 2.05) is 0 Å². The van der Waals surface area contributed by atoms with E-state index in [1.54, 1.807) is 24.3 Å². The molecule has 0 bridgehead atoms. The summed E-state index contributed by atoms with van der Waals surface area (Å²) in [7, 11) is -9.81. The molecule has 0 saturated heterocycles. The molecule has 8 nitrogen and oxygen atoms in total. The number of aromatic nitrogens is 1. The second-order valence-corrected chi connectivity index (χ2v) is 10.2. The lowest BCUT2D eigenvalue weighted by Crippen LogP contribution is -2.47. The van der Waals surface area contributed by atoms with Crippen molar-refractivity contribution >= 4 is 15.0 Å². The Bertz CT molecular complexity index is 803. The lowest BCUT2D eigenvalue weighted by atomic mass is 10.1. The van der Waals surface area contributed by atoms with Crippen LogP contribution in [0.25, 0.3) is 11.1 Å². The zero-order valence-corrected chi connectivity index (χ0v) is 14.5. The van der Waals surface area contributed by atoms with Crippen molar-refractivity contribution in [2.24, 2.45) is 0 Å². The summed E-state index contributed by atoms with van der Waals surface area (Å²) in [5.41, 5.74) is 1.35. The molecule has 0 amide bonds. The molecule has 0 aliphatic carbocycles. The highest BCUT2D eigenvalue weighted by molar-refractivity contribution is 7.74. The summed E-state index contributed by atoms with van der Waals surface area (Å²) < 4.78 is 24.6. The fourth-order valence-electron chi connectivity index (χ4n) is 2.15. The number of benzene rings is 1. The van der Waals surface area contributed by atoms with E-state index >= 15 is 0 Å². The number of phenolic OH excluding ortho intramolecular Hbond substituents is 1. The number of phenols is 1. The molecule has 2 unspecified atom stereocenters. The standard InChI is InChI=1S/C14H17NO7P2/c1-23(18,19)14(17,24(20,21)22)10-15-8-2-3-12(9-15)11-4-6-13(16)7-5-11/h2-9,17H,10H2,1H3,(H3-,16,18,19,20,21,22)/p+1. The highest BCUT2D eigenvalue weighted by atomic mass is 31.2. The molecule has 1 heterocycles. The van der Waals surface area contributed by atoms with Gasteiger partial charge >= 0.3 is 12.7 Å². The highest BCUT2D eigenvalue weighted by Crippen LogP contribution is 2.67. The van der Waals surface area contributed by atoms with Crippen LogP contribution in [-0.4, -0.2) is 36.6 Å². The first kappa shape index (κ1) is 18.8. The number of pyridine rings is 1. The maximum Gasteiger partial charge on any atom is 0.373 e. The van der Waals surface area contributed by atoms with Gasteiger partial charge in [-0.15, -0.1) is 0 Å². The minimum Gasteiger partial charge on any atom is -0.508 e. The van der Waals surface area contributed by atoms with E-state index in [4.69, 9.17) is 0 Å². The van der Waals surface area contributed by atoms with Gasteiger partial charge in [0.1, 0.15) is 5.75 Å². The minimum absolute atomic E-state index is 0.0886. The molecule has 2 rings (SSSR count). The van der Waals surface area contributed by atoms with Crippen LogP contribution in [-0.2, 0) is 15.7 Å². The lowest BCUT2D eigenvalue weighted by molar-refractivity contribution is -0.702. The van der Waals surface area contributed by atoms with Gasteiger partial charge in [-0.1, -0.05) is 12.1 Å². The third-order valence-corrected chi connectivity index (χ3v) is 8.02. The van der Waals surface area contributed by atoms with E-state index < -0.39 is 26.6 Å². The Morgan fingerprint density at radius 1 is 1.04 bits per heavy atom. The van der Waals surface area contributed by atoms with Gasteiger partial charge in [0.15, 0.2) is 18.9 Å². The molecule has 130 valence electrons. The molecule has 0 saturated carbocycles. The average Bonchev–Trinajstić information content (AvgIpc) is 2.46. The predicted octanol–water partition coefficient (Wildman–Crippen LogP) is 1.07. The quantitative estimate of drug-likeness (QED) is 0.390. The van der Waals surface area contributed by atoms with E-state index in [-0.39, 0.29) is 5.75 Å². The topological polar surface area (TPSA) is 139 Å². The first-order valence-corrected chi connectivity index (χ1v) is 10.5. The summed E-state index contributed by atoms with van der Waals surface area (Å²) in [5.74, 6) is 0.0886. The van der Waals surface area contributed by atoms with Gasteiger partial charge in [-0.05, 0) is 23.8 Å². The Balaban J connectivity index is 2.43. The maximum absolute atomic E-state index is 11.9. The molecule has 0 aliphatic heterocycles. The Labute approximate surface area is 138 Å². The summed E-state index contributed by atoms with van der Waals surface area (Å²) >= 11 is 0. The minimum atomic E-state index is -5.28. The summed E-state index contributed by atoms with van der Waals surface area (Å²) in [6.07, 6.45) is 2.89. The zero-order chi connectivity index (χ0) is 18.2. The average molecular weight is 374 g/mol. The van der Waals surface area contributed by atoms with Crippen molar-refractivity contribution < 1.29 is 38.6 Å². The van der Waals surface area contributed by atoms with Crippen LogP contribution in [0, 0.1) is 0 Å².